The summed E-state index contributed by atoms with van der Waals surface area (Å²) < 4.78 is 0. The summed E-state index contributed by atoms with van der Waals surface area (Å²) in [6, 6.07) is 13.7. The Morgan fingerprint density at radius 3 is 2.36 bits per heavy atom. The van der Waals surface area contributed by atoms with Gasteiger partial charge in [-0.15, -0.1) is 0 Å². The van der Waals surface area contributed by atoms with Gasteiger partial charge >= 0.3 is 0 Å². The zero-order valence-electron chi connectivity index (χ0n) is 13.9. The van der Waals surface area contributed by atoms with Crippen LogP contribution < -0.4 is 5.32 Å². The first-order valence-electron chi connectivity index (χ1n) is 7.48. The number of nitrogens with zero attached hydrogens (tertiary/aromatic N) is 2. The quantitative estimate of drug-likeness (QED) is 0.636. The van der Waals surface area contributed by atoms with Crippen LogP contribution in [0, 0.1) is 0 Å². The number of carbonyl (C=O) groups is 2. The summed E-state index contributed by atoms with van der Waals surface area (Å²) in [6.45, 7) is -0.220. The van der Waals surface area contributed by atoms with E-state index in [1.54, 1.807) is 62.6 Å². The third-order valence-corrected chi connectivity index (χ3v) is 3.42. The number of benzene rings is 2. The van der Waals surface area contributed by atoms with Gasteiger partial charge in [-0.2, -0.15) is 0 Å². The molecule has 2 rings (SSSR count). The van der Waals surface area contributed by atoms with Gasteiger partial charge in [-0.1, -0.05) is 28.9 Å². The minimum atomic E-state index is -0.347. The first-order valence-corrected chi connectivity index (χ1v) is 7.86. The number of hydrogen-bond donors (Lipinski definition) is 1. The molecule has 2 aromatic carbocycles. The fourth-order valence-corrected chi connectivity index (χ4v) is 2.02. The predicted octanol–water partition coefficient (Wildman–Crippen LogP) is 3.03. The molecule has 0 heterocycles. The van der Waals surface area contributed by atoms with Gasteiger partial charge in [0.1, 0.15) is 0 Å². The summed E-state index contributed by atoms with van der Waals surface area (Å²) in [5, 5.41) is 7.03. The topological polar surface area (TPSA) is 71.0 Å². The Morgan fingerprint density at radius 2 is 1.76 bits per heavy atom. The maximum absolute atomic E-state index is 11.8. The van der Waals surface area contributed by atoms with E-state index in [9.17, 15) is 9.59 Å². The second kappa shape index (κ2) is 8.84. The van der Waals surface area contributed by atoms with Crippen molar-refractivity contribution in [3.8, 4) is 0 Å². The first kappa shape index (κ1) is 18.5. The summed E-state index contributed by atoms with van der Waals surface area (Å²) in [4.78, 5) is 30.0. The van der Waals surface area contributed by atoms with Crippen LogP contribution in [0.1, 0.15) is 15.9 Å². The van der Waals surface area contributed by atoms with E-state index in [1.807, 2.05) is 0 Å². The molecule has 130 valence electrons. The van der Waals surface area contributed by atoms with Crippen LogP contribution >= 0.6 is 11.6 Å². The van der Waals surface area contributed by atoms with E-state index in [4.69, 9.17) is 16.4 Å². The molecule has 2 amide bonds. The van der Waals surface area contributed by atoms with Crippen LogP contribution in [0.15, 0.2) is 53.7 Å². The average molecular weight is 360 g/mol. The van der Waals surface area contributed by atoms with E-state index < -0.39 is 0 Å². The van der Waals surface area contributed by atoms with Crippen LogP contribution in [0.2, 0.25) is 5.02 Å². The maximum Gasteiger partial charge on any atom is 0.265 e. The van der Waals surface area contributed by atoms with E-state index in [0.29, 0.717) is 16.3 Å². The average Bonchev–Trinajstić information content (AvgIpc) is 2.60. The number of anilines is 1. The SMILES string of the molecule is CN(C)C(=O)c1ccc(NC(=O)CO/N=C/c2ccc(Cl)cc2)cc1. The molecule has 2 aromatic rings. The molecule has 1 N–H and O–H groups in total. The maximum atomic E-state index is 11.8. The van der Waals surface area contributed by atoms with Crippen molar-refractivity contribution >= 4 is 35.3 Å². The second-order valence-electron chi connectivity index (χ2n) is 5.38. The predicted molar refractivity (Wildman–Crippen MR) is 98.1 cm³/mol. The third-order valence-electron chi connectivity index (χ3n) is 3.16. The van der Waals surface area contributed by atoms with Crippen molar-refractivity contribution in [2.24, 2.45) is 5.16 Å². The first-order chi connectivity index (χ1) is 12.0. The van der Waals surface area contributed by atoms with E-state index in [0.717, 1.165) is 5.56 Å². The molecule has 0 radical (unpaired) electrons. The number of rotatable bonds is 6. The van der Waals surface area contributed by atoms with E-state index >= 15 is 0 Å². The Kier molecular flexibility index (Phi) is 6.54. The molecule has 0 unspecified atom stereocenters. The number of halogens is 1. The number of amides is 2. The molecule has 25 heavy (non-hydrogen) atoms. The smallest absolute Gasteiger partial charge is 0.265 e. The van der Waals surface area contributed by atoms with Crippen molar-refractivity contribution in [1.82, 2.24) is 4.90 Å². The molecule has 0 saturated carbocycles. The fourth-order valence-electron chi connectivity index (χ4n) is 1.89. The Labute approximate surface area is 151 Å². The van der Waals surface area contributed by atoms with Gasteiger partial charge < -0.3 is 15.1 Å². The highest BCUT2D eigenvalue weighted by Gasteiger charge is 2.08. The van der Waals surface area contributed by atoms with Gasteiger partial charge in [-0.25, -0.2) is 0 Å². The molecule has 6 nitrogen and oxygen atoms in total. The zero-order valence-corrected chi connectivity index (χ0v) is 14.7. The van der Waals surface area contributed by atoms with Crippen molar-refractivity contribution in [2.75, 3.05) is 26.0 Å². The highest BCUT2D eigenvalue weighted by Crippen LogP contribution is 2.11. The lowest BCUT2D eigenvalue weighted by atomic mass is 10.2. The van der Waals surface area contributed by atoms with E-state index in [-0.39, 0.29) is 18.4 Å². The van der Waals surface area contributed by atoms with Crippen molar-refractivity contribution < 1.29 is 14.4 Å². The summed E-state index contributed by atoms with van der Waals surface area (Å²) in [5.74, 6) is -0.447. The van der Waals surface area contributed by atoms with Crippen molar-refractivity contribution in [3.05, 3.63) is 64.7 Å². The largest absolute Gasteiger partial charge is 0.386 e. The van der Waals surface area contributed by atoms with Crippen LogP contribution in [-0.4, -0.2) is 43.6 Å². The lowest BCUT2D eigenvalue weighted by Crippen LogP contribution is -2.21. The summed E-state index contributed by atoms with van der Waals surface area (Å²) >= 11 is 5.78. The molecular formula is C18H18ClN3O3. The minimum Gasteiger partial charge on any atom is -0.386 e. The highest BCUT2D eigenvalue weighted by molar-refractivity contribution is 6.30. The lowest BCUT2D eigenvalue weighted by molar-refractivity contribution is -0.120. The summed E-state index contributed by atoms with van der Waals surface area (Å²) in [6.07, 6.45) is 1.49. The van der Waals surface area contributed by atoms with E-state index in [1.165, 1.54) is 11.1 Å². The van der Waals surface area contributed by atoms with Gasteiger partial charge in [0, 0.05) is 30.4 Å². The number of nitrogens with one attached hydrogen (secondary N) is 1. The molecule has 0 aliphatic carbocycles. The van der Waals surface area contributed by atoms with E-state index in [2.05, 4.69) is 10.5 Å². The van der Waals surface area contributed by atoms with Crippen LogP contribution in [0.5, 0.6) is 0 Å². The van der Waals surface area contributed by atoms with Crippen molar-refractivity contribution in [1.29, 1.82) is 0 Å². The number of carbonyl (C=O) groups excluding carboxylic acids is 2. The zero-order chi connectivity index (χ0) is 18.2. The Balaban J connectivity index is 1.80. The number of oxime groups is 1. The Hall–Kier alpha value is -2.86. The molecule has 0 atom stereocenters. The van der Waals surface area contributed by atoms with Crippen LogP contribution in [0.4, 0.5) is 5.69 Å². The molecule has 0 aromatic heterocycles. The molecule has 0 saturated heterocycles. The van der Waals surface area contributed by atoms with Gasteiger partial charge in [0.2, 0.25) is 0 Å². The molecule has 0 fully saturated rings. The molecule has 0 aliphatic heterocycles. The highest BCUT2D eigenvalue weighted by atomic mass is 35.5. The van der Waals surface area contributed by atoms with Gasteiger partial charge in [-0.05, 0) is 42.0 Å². The second-order valence-corrected chi connectivity index (χ2v) is 5.82. The van der Waals surface area contributed by atoms with Gasteiger partial charge in [0.25, 0.3) is 11.8 Å². The van der Waals surface area contributed by atoms with Crippen molar-refractivity contribution in [2.45, 2.75) is 0 Å². The normalized spacial score (nSPS) is 10.5. The van der Waals surface area contributed by atoms with Crippen LogP contribution in [0.25, 0.3) is 0 Å². The molecule has 0 bridgehead atoms. The molecule has 7 heteroatoms. The minimum absolute atomic E-state index is 0.0993. The van der Waals surface area contributed by atoms with Gasteiger partial charge in [0.05, 0.1) is 6.21 Å². The molecule has 0 aliphatic rings. The van der Waals surface area contributed by atoms with Gasteiger partial charge in [0.15, 0.2) is 6.61 Å². The Bertz CT molecular complexity index is 756. The standard InChI is InChI=1S/C18H18ClN3O3/c1-22(2)18(24)14-5-9-16(10-6-14)21-17(23)12-25-20-11-13-3-7-15(19)8-4-13/h3-11H,12H2,1-2H3,(H,21,23)/b20-11+. The summed E-state index contributed by atoms with van der Waals surface area (Å²) in [5.41, 5.74) is 1.93. The Morgan fingerprint density at radius 1 is 1.12 bits per heavy atom. The molecular weight excluding hydrogens is 342 g/mol. The van der Waals surface area contributed by atoms with Crippen LogP contribution in [0.3, 0.4) is 0 Å². The van der Waals surface area contributed by atoms with Crippen molar-refractivity contribution in [3.63, 3.8) is 0 Å². The number of hydrogen-bond acceptors (Lipinski definition) is 4. The lowest BCUT2D eigenvalue weighted by Gasteiger charge is -2.10. The third kappa shape index (κ3) is 5.93. The van der Waals surface area contributed by atoms with Crippen LogP contribution in [-0.2, 0) is 9.63 Å². The van der Waals surface area contributed by atoms with Gasteiger partial charge in [-0.3, -0.25) is 9.59 Å². The monoisotopic (exact) mass is 359 g/mol. The fraction of sp³-hybridized carbons (Fsp3) is 0.167. The summed E-state index contributed by atoms with van der Waals surface area (Å²) in [7, 11) is 3.36. The molecule has 0 spiro atoms.